The van der Waals surface area contributed by atoms with Gasteiger partial charge in [-0.15, -0.1) is 0 Å². The second kappa shape index (κ2) is 15.2. The first-order chi connectivity index (χ1) is 25.5. The molecular weight excluding hydrogens is 704 g/mol. The fraction of sp³-hybridized carbons (Fsp3) is 1.00. The fourth-order valence-corrected chi connectivity index (χ4v) is 12.9. The van der Waals surface area contributed by atoms with Crippen LogP contribution in [0.3, 0.4) is 0 Å². The molecule has 0 spiro atoms. The first-order valence-corrected chi connectivity index (χ1v) is 20.7. The van der Waals surface area contributed by atoms with Gasteiger partial charge in [-0.1, -0.05) is 27.7 Å². The molecule has 0 unspecified atom stereocenters. The molecule has 3 heterocycles. The van der Waals surface area contributed by atoms with E-state index in [9.17, 15) is 40.9 Å². The van der Waals surface area contributed by atoms with Gasteiger partial charge in [0.1, 0.15) is 48.3 Å². The van der Waals surface area contributed by atoms with Gasteiger partial charge in [0, 0.05) is 31.5 Å². The molecule has 54 heavy (non-hydrogen) atoms. The summed E-state index contributed by atoms with van der Waals surface area (Å²) in [5, 5.41) is 85.4. The highest BCUT2D eigenvalue weighted by atomic mass is 16.8. The largest absolute Gasteiger partial charge is 0.396 e. The van der Waals surface area contributed by atoms with E-state index >= 15 is 0 Å². The number of hydrogen-bond acceptors (Lipinski definition) is 14. The molecule has 7 fully saturated rings. The summed E-state index contributed by atoms with van der Waals surface area (Å²) in [6, 6.07) is 0. The molecule has 312 valence electrons. The minimum Gasteiger partial charge on any atom is -0.396 e. The normalized spacial score (nSPS) is 56.4. The van der Waals surface area contributed by atoms with Crippen molar-refractivity contribution in [3.8, 4) is 0 Å². The van der Waals surface area contributed by atoms with Crippen LogP contribution in [0.2, 0.25) is 0 Å². The van der Waals surface area contributed by atoms with Crippen molar-refractivity contribution in [2.24, 2.45) is 46.3 Å². The second-order valence-electron chi connectivity index (χ2n) is 18.9. The summed E-state index contributed by atoms with van der Waals surface area (Å²) in [6.07, 6.45) is -5.51. The summed E-state index contributed by atoms with van der Waals surface area (Å²) < 4.78 is 37.1. The van der Waals surface area contributed by atoms with E-state index in [1.807, 2.05) is 6.92 Å². The molecule has 8 N–H and O–H groups in total. The summed E-state index contributed by atoms with van der Waals surface area (Å²) in [4.78, 5) is 0. The number of ether oxygens (including phenoxy) is 6. The summed E-state index contributed by atoms with van der Waals surface area (Å²) in [5.74, 6) is 0.658. The molecule has 14 heteroatoms. The maximum Gasteiger partial charge on any atom is 0.187 e. The Bertz CT molecular complexity index is 1310. The molecule has 0 bridgehead atoms. The zero-order chi connectivity index (χ0) is 39.1. The van der Waals surface area contributed by atoms with Crippen molar-refractivity contribution in [2.75, 3.05) is 20.3 Å². The van der Waals surface area contributed by atoms with Gasteiger partial charge in [0.25, 0.3) is 0 Å². The summed E-state index contributed by atoms with van der Waals surface area (Å²) in [7, 11) is 1.68. The third-order valence-electron chi connectivity index (χ3n) is 16.4. The minimum absolute atomic E-state index is 0.0629. The lowest BCUT2D eigenvalue weighted by atomic mass is 9.44. The van der Waals surface area contributed by atoms with E-state index in [1.165, 1.54) is 6.92 Å². The highest BCUT2D eigenvalue weighted by Crippen LogP contribution is 2.72. The van der Waals surface area contributed by atoms with Gasteiger partial charge >= 0.3 is 0 Å². The molecule has 22 atom stereocenters. The van der Waals surface area contributed by atoms with Crippen molar-refractivity contribution in [1.82, 2.24) is 0 Å². The maximum atomic E-state index is 12.8. The molecule has 3 saturated heterocycles. The highest BCUT2D eigenvalue weighted by Gasteiger charge is 2.76. The lowest BCUT2D eigenvalue weighted by Crippen LogP contribution is -2.64. The molecule has 4 aliphatic carbocycles. The second-order valence-corrected chi connectivity index (χ2v) is 18.9. The van der Waals surface area contributed by atoms with Crippen molar-refractivity contribution < 1.29 is 69.3 Å². The molecule has 0 radical (unpaired) electrons. The highest BCUT2D eigenvalue weighted by molar-refractivity contribution is 5.23. The van der Waals surface area contributed by atoms with E-state index in [-0.39, 0.29) is 41.5 Å². The lowest BCUT2D eigenvalue weighted by molar-refractivity contribution is -0.371. The average molecular weight is 773 g/mol. The monoisotopic (exact) mass is 772 g/mol. The van der Waals surface area contributed by atoms with Crippen LogP contribution in [-0.4, -0.2) is 146 Å². The fourth-order valence-electron chi connectivity index (χ4n) is 12.9. The predicted molar refractivity (Wildman–Crippen MR) is 191 cm³/mol. The van der Waals surface area contributed by atoms with Crippen molar-refractivity contribution in [3.63, 3.8) is 0 Å². The van der Waals surface area contributed by atoms with Crippen molar-refractivity contribution in [3.05, 3.63) is 0 Å². The van der Waals surface area contributed by atoms with Crippen LogP contribution in [0.4, 0.5) is 0 Å². The number of hydrogen-bond donors (Lipinski definition) is 8. The molecule has 0 amide bonds. The topological polar surface area (TPSA) is 217 Å². The Morgan fingerprint density at radius 2 is 1.54 bits per heavy atom. The quantitative estimate of drug-likeness (QED) is 0.147. The van der Waals surface area contributed by atoms with E-state index in [0.717, 1.165) is 57.8 Å². The Labute approximate surface area is 319 Å². The van der Waals surface area contributed by atoms with Crippen LogP contribution in [0.15, 0.2) is 0 Å². The average Bonchev–Trinajstić information content (AvgIpc) is 3.52. The van der Waals surface area contributed by atoms with Crippen LogP contribution in [0.5, 0.6) is 0 Å². The Hall–Kier alpha value is -0.560. The number of fused-ring (bicyclic) bond motifs is 7. The third kappa shape index (κ3) is 6.36. The van der Waals surface area contributed by atoms with E-state index in [4.69, 9.17) is 28.4 Å². The number of rotatable bonds is 10. The Morgan fingerprint density at radius 3 is 2.22 bits per heavy atom. The van der Waals surface area contributed by atoms with Gasteiger partial charge < -0.3 is 69.3 Å². The third-order valence-corrected chi connectivity index (χ3v) is 16.4. The van der Waals surface area contributed by atoms with Crippen molar-refractivity contribution >= 4 is 0 Å². The smallest absolute Gasteiger partial charge is 0.187 e. The summed E-state index contributed by atoms with van der Waals surface area (Å²) in [5.41, 5.74) is -1.26. The SMILES string of the molecule is CO[C@]1(CC[C@@H](C)CO)O[C@H]2C[C@H]3[C@@H]4CC[C@H]5C[C@@H](O[C@H]6O[C@H](CO)[C@@H](O)[C@H](O)[C@H]6O[C@@H]6O[C@@H](C)[C@H](O)[C@@H](O)[C@H]6O)CC[C@]5(C)[C@H]4CC[C@]3(C)[C@@]2(O)[C@@H]1C. The van der Waals surface area contributed by atoms with Gasteiger partial charge in [0.2, 0.25) is 0 Å². The van der Waals surface area contributed by atoms with Gasteiger partial charge in [-0.25, -0.2) is 0 Å². The van der Waals surface area contributed by atoms with E-state index in [0.29, 0.717) is 30.1 Å². The Balaban J connectivity index is 1.04. The Kier molecular flexibility index (Phi) is 11.7. The number of aliphatic hydroxyl groups is 8. The van der Waals surface area contributed by atoms with Crippen LogP contribution in [0.1, 0.15) is 98.8 Å². The van der Waals surface area contributed by atoms with Crippen LogP contribution < -0.4 is 0 Å². The molecule has 0 aromatic carbocycles. The van der Waals surface area contributed by atoms with E-state index in [2.05, 4.69) is 20.8 Å². The van der Waals surface area contributed by atoms with Gasteiger partial charge in [-0.3, -0.25) is 0 Å². The minimum atomic E-state index is -1.63. The van der Waals surface area contributed by atoms with Crippen molar-refractivity contribution in [1.29, 1.82) is 0 Å². The van der Waals surface area contributed by atoms with Crippen LogP contribution in [-0.2, 0) is 28.4 Å². The molecule has 7 aliphatic rings. The first-order valence-electron chi connectivity index (χ1n) is 20.7. The molecule has 0 aromatic rings. The Morgan fingerprint density at radius 1 is 0.796 bits per heavy atom. The number of methoxy groups -OCH3 is 1. The van der Waals surface area contributed by atoms with Gasteiger partial charge in [-0.05, 0) is 99.7 Å². The maximum absolute atomic E-state index is 12.8. The standard InChI is InChI=1S/C40H68O14/c1-19(17-41)9-14-39(49-6)21(3)40(48)28(54-39)16-26-24-8-7-22-15-23(10-12-37(22,4)25(24)11-13-38(26,40)5)51-36-34(32(46)30(44)27(18-42)52-36)53-35-33(47)31(45)29(43)20(2)50-35/h19-36,41-48H,7-18H2,1-6H3/t19-,20+,21-,22+,23+,24-,25+,26+,27-,28+,29+,30-,31-,32+,33-,34-,35+,36+,37+,38+,39-,40-/m1/s1. The summed E-state index contributed by atoms with van der Waals surface area (Å²) >= 11 is 0. The van der Waals surface area contributed by atoms with Crippen LogP contribution in [0, 0.1) is 46.3 Å². The van der Waals surface area contributed by atoms with Gasteiger partial charge in [0.05, 0.1) is 24.9 Å². The van der Waals surface area contributed by atoms with Gasteiger partial charge in [-0.2, -0.15) is 0 Å². The molecular formula is C40H68O14. The van der Waals surface area contributed by atoms with E-state index in [1.54, 1.807) is 7.11 Å². The molecule has 7 rings (SSSR count). The van der Waals surface area contributed by atoms with E-state index < -0.39 is 79.4 Å². The lowest BCUT2D eigenvalue weighted by Gasteiger charge is -2.62. The molecule has 3 aliphatic heterocycles. The molecule has 4 saturated carbocycles. The molecule has 0 aromatic heterocycles. The van der Waals surface area contributed by atoms with Crippen LogP contribution in [0.25, 0.3) is 0 Å². The van der Waals surface area contributed by atoms with Crippen LogP contribution >= 0.6 is 0 Å². The first kappa shape index (κ1) is 41.6. The zero-order valence-electron chi connectivity index (χ0n) is 32.9. The zero-order valence-corrected chi connectivity index (χ0v) is 32.9. The predicted octanol–water partition coefficient (Wildman–Crippen LogP) is 1.19. The number of aliphatic hydroxyl groups excluding tert-OH is 7. The van der Waals surface area contributed by atoms with Crippen molar-refractivity contribution in [2.45, 2.75) is 184 Å². The van der Waals surface area contributed by atoms with Gasteiger partial charge in [0.15, 0.2) is 18.4 Å². The summed E-state index contributed by atoms with van der Waals surface area (Å²) in [6.45, 7) is 9.92. The molecule has 14 nitrogen and oxygen atoms in total.